The van der Waals surface area contributed by atoms with Crippen molar-refractivity contribution in [3.05, 3.63) is 54.1 Å². The number of aromatic amines is 1. The Balaban J connectivity index is 1.15. The second-order valence-corrected chi connectivity index (χ2v) is 8.63. The van der Waals surface area contributed by atoms with E-state index in [1.165, 1.54) is 0 Å². The van der Waals surface area contributed by atoms with Crippen LogP contribution in [0.5, 0.6) is 11.8 Å². The van der Waals surface area contributed by atoms with Crippen LogP contribution in [0.1, 0.15) is 0 Å². The highest BCUT2D eigenvalue weighted by atomic mass is 35.5. The molecule has 6 rings (SSSR count). The third-order valence-electron chi connectivity index (χ3n) is 5.95. The maximum absolute atomic E-state index is 9.90. The molecule has 2 aliphatic rings. The number of ether oxygens (including phenoxy) is 4. The largest absolute Gasteiger partial charge is 0.492 e. The van der Waals surface area contributed by atoms with E-state index in [-0.39, 0.29) is 24.9 Å². The lowest BCUT2D eigenvalue weighted by Gasteiger charge is -2.15. The fraction of sp³-hybridized carbons (Fsp3) is 0.348. The number of imidazole rings is 2. The fourth-order valence-corrected chi connectivity index (χ4v) is 4.50. The van der Waals surface area contributed by atoms with E-state index in [4.69, 9.17) is 30.5 Å². The maximum atomic E-state index is 9.90. The molecule has 11 heteroatoms. The molecule has 0 unspecified atom stereocenters. The summed E-state index contributed by atoms with van der Waals surface area (Å²) in [7, 11) is 0. The first-order chi connectivity index (χ1) is 16.6. The Bertz CT molecular complexity index is 1280. The van der Waals surface area contributed by atoms with Gasteiger partial charge >= 0.3 is 0 Å². The Hall–Kier alpha value is -3.18. The van der Waals surface area contributed by atoms with Crippen molar-refractivity contribution < 1.29 is 24.1 Å². The number of hydrogen-bond donors (Lipinski definition) is 2. The Labute approximate surface area is 199 Å². The summed E-state index contributed by atoms with van der Waals surface area (Å²) < 4.78 is 24.9. The van der Waals surface area contributed by atoms with E-state index in [9.17, 15) is 5.11 Å². The molecule has 5 heterocycles. The van der Waals surface area contributed by atoms with Gasteiger partial charge in [0.1, 0.15) is 30.7 Å². The third kappa shape index (κ3) is 4.09. The van der Waals surface area contributed by atoms with Gasteiger partial charge in [-0.1, -0.05) is 11.6 Å². The zero-order valence-electron chi connectivity index (χ0n) is 18.0. The van der Waals surface area contributed by atoms with E-state index >= 15 is 0 Å². The lowest BCUT2D eigenvalue weighted by molar-refractivity contribution is 0.00706. The van der Waals surface area contributed by atoms with Gasteiger partial charge in [0.25, 0.3) is 6.01 Å². The van der Waals surface area contributed by atoms with Gasteiger partial charge in [-0.2, -0.15) is 4.98 Å². The number of aromatic nitrogens is 5. The van der Waals surface area contributed by atoms with Crippen molar-refractivity contribution in [2.75, 3.05) is 19.8 Å². The highest BCUT2D eigenvalue weighted by Crippen LogP contribution is 2.32. The first kappa shape index (κ1) is 21.4. The molecule has 0 bridgehead atoms. The molecular formula is C23H22ClN5O5. The zero-order valence-corrected chi connectivity index (χ0v) is 18.8. The number of benzene rings is 1. The van der Waals surface area contributed by atoms with Crippen molar-refractivity contribution in [3.8, 4) is 23.0 Å². The van der Waals surface area contributed by atoms with E-state index in [1.807, 2.05) is 35.0 Å². The van der Waals surface area contributed by atoms with Crippen LogP contribution in [0, 0.1) is 0 Å². The predicted octanol–water partition coefficient (Wildman–Crippen LogP) is 2.46. The molecule has 0 aliphatic carbocycles. The van der Waals surface area contributed by atoms with Gasteiger partial charge < -0.3 is 33.6 Å². The summed E-state index contributed by atoms with van der Waals surface area (Å²) in [6, 6.07) is 9.67. The summed E-state index contributed by atoms with van der Waals surface area (Å²) in [5, 5.41) is 10.4. The van der Waals surface area contributed by atoms with Gasteiger partial charge in [-0.15, -0.1) is 0 Å². The molecule has 34 heavy (non-hydrogen) atoms. The minimum Gasteiger partial charge on any atom is -0.492 e. The number of rotatable bonds is 7. The first-order valence-corrected chi connectivity index (χ1v) is 11.3. The van der Waals surface area contributed by atoms with Crippen molar-refractivity contribution >= 4 is 22.8 Å². The minimum atomic E-state index is -0.634. The molecule has 1 aromatic carbocycles. The molecule has 10 nitrogen and oxygen atoms in total. The molecule has 2 N–H and O–H groups in total. The average molecular weight is 484 g/mol. The SMILES string of the molecule is O[C@@H]1CO[C@H]2[C@@H]1OC[C@H]2Oc1nc2nc(-c3ccc(OCCn4ccnc4)cc3)c(Cl)cc2[nH]1. The Kier molecular flexibility index (Phi) is 5.58. The van der Waals surface area contributed by atoms with Crippen LogP contribution in [0.3, 0.4) is 0 Å². The average Bonchev–Trinajstić information content (AvgIpc) is 3.62. The van der Waals surface area contributed by atoms with Crippen LogP contribution in [0.4, 0.5) is 0 Å². The molecule has 0 saturated carbocycles. The number of H-pyrrole nitrogens is 1. The summed E-state index contributed by atoms with van der Waals surface area (Å²) in [4.78, 5) is 16.2. The van der Waals surface area contributed by atoms with Gasteiger partial charge in [0.2, 0.25) is 0 Å². The number of nitrogens with one attached hydrogen (secondary N) is 1. The molecule has 2 fully saturated rings. The van der Waals surface area contributed by atoms with Gasteiger partial charge in [-0.25, -0.2) is 9.97 Å². The zero-order chi connectivity index (χ0) is 23.1. The number of hydrogen-bond acceptors (Lipinski definition) is 8. The lowest BCUT2D eigenvalue weighted by atomic mass is 10.1. The monoisotopic (exact) mass is 483 g/mol. The van der Waals surface area contributed by atoms with Crippen LogP contribution in [0.25, 0.3) is 22.4 Å². The minimum absolute atomic E-state index is 0.240. The number of aliphatic hydroxyl groups is 1. The quantitative estimate of drug-likeness (QED) is 0.412. The second kappa shape index (κ2) is 8.88. The van der Waals surface area contributed by atoms with Crippen LogP contribution in [-0.2, 0) is 16.0 Å². The van der Waals surface area contributed by atoms with E-state index in [1.54, 1.807) is 18.6 Å². The van der Waals surface area contributed by atoms with Gasteiger partial charge in [0.05, 0.1) is 42.3 Å². The number of fused-ring (bicyclic) bond motifs is 2. The van der Waals surface area contributed by atoms with E-state index in [2.05, 4.69) is 19.9 Å². The molecular weight excluding hydrogens is 462 g/mol. The van der Waals surface area contributed by atoms with Crippen molar-refractivity contribution in [1.82, 2.24) is 24.5 Å². The van der Waals surface area contributed by atoms with Gasteiger partial charge in [0, 0.05) is 18.0 Å². The standard InChI is InChI=1S/C23H22ClN5O5/c24-15-9-16-22(28-23(26-16)34-18-11-33-20-17(30)10-32-21(18)20)27-19(15)13-1-3-14(4-2-13)31-8-7-29-6-5-25-12-29/h1-6,9,12,17-18,20-21,30H,7-8,10-11H2,(H,26,27,28)/t17-,18-,20-,21-/m1/s1. The number of aliphatic hydroxyl groups excluding tert-OH is 1. The van der Waals surface area contributed by atoms with E-state index < -0.39 is 6.10 Å². The van der Waals surface area contributed by atoms with Crippen molar-refractivity contribution in [2.45, 2.75) is 31.0 Å². The molecule has 2 saturated heterocycles. The second-order valence-electron chi connectivity index (χ2n) is 8.22. The van der Waals surface area contributed by atoms with Crippen LogP contribution >= 0.6 is 11.6 Å². The molecule has 2 aliphatic heterocycles. The summed E-state index contributed by atoms with van der Waals surface area (Å²) in [6.07, 6.45) is 3.71. The molecule has 4 atom stereocenters. The van der Waals surface area contributed by atoms with E-state index in [0.29, 0.717) is 41.1 Å². The normalized spacial score (nSPS) is 23.9. The lowest BCUT2D eigenvalue weighted by Crippen LogP contribution is -2.34. The Morgan fingerprint density at radius 1 is 1.15 bits per heavy atom. The Morgan fingerprint density at radius 2 is 2.00 bits per heavy atom. The molecule has 0 radical (unpaired) electrons. The highest BCUT2D eigenvalue weighted by Gasteiger charge is 2.48. The predicted molar refractivity (Wildman–Crippen MR) is 122 cm³/mol. The summed E-state index contributed by atoms with van der Waals surface area (Å²) in [5.41, 5.74) is 2.60. The van der Waals surface area contributed by atoms with E-state index in [0.717, 1.165) is 17.9 Å². The van der Waals surface area contributed by atoms with Crippen LogP contribution in [-0.4, -0.2) is 73.8 Å². The van der Waals surface area contributed by atoms with Crippen LogP contribution < -0.4 is 9.47 Å². The molecule has 3 aromatic heterocycles. The fourth-order valence-electron chi connectivity index (χ4n) is 4.24. The molecule has 4 aromatic rings. The topological polar surface area (TPSA) is 117 Å². The van der Waals surface area contributed by atoms with Gasteiger partial charge in [-0.05, 0) is 30.3 Å². The molecule has 0 amide bonds. The van der Waals surface area contributed by atoms with Crippen LogP contribution in [0.15, 0.2) is 49.1 Å². The van der Waals surface area contributed by atoms with Crippen molar-refractivity contribution in [2.24, 2.45) is 0 Å². The summed E-state index contributed by atoms with van der Waals surface area (Å²) >= 11 is 6.53. The van der Waals surface area contributed by atoms with Crippen LogP contribution in [0.2, 0.25) is 5.02 Å². The number of nitrogens with zero attached hydrogens (tertiary/aromatic N) is 4. The van der Waals surface area contributed by atoms with Crippen molar-refractivity contribution in [3.63, 3.8) is 0 Å². The third-order valence-corrected chi connectivity index (χ3v) is 6.24. The summed E-state index contributed by atoms with van der Waals surface area (Å²) in [5.74, 6) is 0.757. The number of pyridine rings is 1. The maximum Gasteiger partial charge on any atom is 0.296 e. The Morgan fingerprint density at radius 3 is 2.82 bits per heavy atom. The summed E-state index contributed by atoms with van der Waals surface area (Å²) in [6.45, 7) is 1.81. The highest BCUT2D eigenvalue weighted by molar-refractivity contribution is 6.33. The first-order valence-electron chi connectivity index (χ1n) is 11.0. The van der Waals surface area contributed by atoms with Gasteiger partial charge in [-0.3, -0.25) is 0 Å². The van der Waals surface area contributed by atoms with Gasteiger partial charge in [0.15, 0.2) is 11.8 Å². The molecule has 176 valence electrons. The smallest absolute Gasteiger partial charge is 0.296 e. The number of halogens is 1. The van der Waals surface area contributed by atoms with Crippen molar-refractivity contribution in [1.29, 1.82) is 0 Å². The molecule has 0 spiro atoms.